The highest BCUT2D eigenvalue weighted by Gasteiger charge is 2.28. The standard InChI is InChI=1S/C26H30N4O4S/c1-19(2)30(26(31)20-8-10-22(11-9-20)35(3,32)33)24-7-5-4-6-23(24)29-16-12-21(13-17-29)34-25-18-27-14-15-28-25/h4-11,14-15,18-19,21H,12-13,16-17H2,1-3H3. The third-order valence-corrected chi connectivity index (χ3v) is 7.14. The van der Waals surface area contributed by atoms with Gasteiger partial charge in [-0.3, -0.25) is 9.78 Å². The topological polar surface area (TPSA) is 92.7 Å². The fraction of sp³-hybridized carbons (Fsp3) is 0.346. The fourth-order valence-electron chi connectivity index (χ4n) is 4.27. The number of hydrogen-bond acceptors (Lipinski definition) is 7. The summed E-state index contributed by atoms with van der Waals surface area (Å²) >= 11 is 0. The van der Waals surface area contributed by atoms with Gasteiger partial charge in [0.05, 0.1) is 22.5 Å². The minimum absolute atomic E-state index is 0.0614. The van der Waals surface area contributed by atoms with E-state index in [0.717, 1.165) is 43.6 Å². The molecule has 1 fully saturated rings. The molecule has 3 aromatic rings. The molecule has 8 nitrogen and oxygen atoms in total. The molecular formula is C26H30N4O4S. The van der Waals surface area contributed by atoms with Gasteiger partial charge in [-0.25, -0.2) is 13.4 Å². The summed E-state index contributed by atoms with van der Waals surface area (Å²) in [5.41, 5.74) is 2.25. The number of rotatable bonds is 7. The van der Waals surface area contributed by atoms with Crippen molar-refractivity contribution in [3.8, 4) is 5.88 Å². The normalized spacial score (nSPS) is 14.7. The van der Waals surface area contributed by atoms with Gasteiger partial charge < -0.3 is 14.5 Å². The van der Waals surface area contributed by atoms with Gasteiger partial charge in [-0.15, -0.1) is 0 Å². The highest BCUT2D eigenvalue weighted by Crippen LogP contribution is 2.34. The minimum Gasteiger partial charge on any atom is -0.473 e. The van der Waals surface area contributed by atoms with Crippen LogP contribution in [0.5, 0.6) is 5.88 Å². The molecule has 0 N–H and O–H groups in total. The molecule has 0 aliphatic carbocycles. The van der Waals surface area contributed by atoms with Crippen LogP contribution >= 0.6 is 0 Å². The van der Waals surface area contributed by atoms with Crippen molar-refractivity contribution in [3.05, 3.63) is 72.7 Å². The second-order valence-electron chi connectivity index (χ2n) is 8.90. The van der Waals surface area contributed by atoms with E-state index < -0.39 is 9.84 Å². The first-order chi connectivity index (χ1) is 16.7. The quantitative estimate of drug-likeness (QED) is 0.490. The number of benzene rings is 2. The van der Waals surface area contributed by atoms with Crippen molar-refractivity contribution in [1.29, 1.82) is 0 Å². The van der Waals surface area contributed by atoms with Crippen molar-refractivity contribution in [2.24, 2.45) is 0 Å². The van der Waals surface area contributed by atoms with Crippen LogP contribution in [0.1, 0.15) is 37.0 Å². The Kier molecular flexibility index (Phi) is 7.35. The summed E-state index contributed by atoms with van der Waals surface area (Å²) in [6.45, 7) is 5.51. The van der Waals surface area contributed by atoms with E-state index in [1.165, 1.54) is 12.1 Å². The van der Waals surface area contributed by atoms with Crippen LogP contribution in [0.15, 0.2) is 72.0 Å². The molecule has 1 aliphatic rings. The molecule has 184 valence electrons. The van der Waals surface area contributed by atoms with Crippen molar-refractivity contribution in [2.45, 2.75) is 43.7 Å². The van der Waals surface area contributed by atoms with Crippen LogP contribution in [0.2, 0.25) is 0 Å². The SMILES string of the molecule is CC(C)N(C(=O)c1ccc(S(C)(=O)=O)cc1)c1ccccc1N1CCC(Oc2cnccn2)CC1. The Balaban J connectivity index is 1.54. The van der Waals surface area contributed by atoms with Crippen molar-refractivity contribution >= 4 is 27.1 Å². The molecule has 0 spiro atoms. The fourth-order valence-corrected chi connectivity index (χ4v) is 4.90. The Labute approximate surface area is 206 Å². The molecule has 9 heteroatoms. The molecule has 0 saturated carbocycles. The van der Waals surface area contributed by atoms with E-state index in [4.69, 9.17) is 4.74 Å². The molecule has 0 radical (unpaired) electrons. The van der Waals surface area contributed by atoms with Gasteiger partial charge in [-0.2, -0.15) is 0 Å². The number of piperidine rings is 1. The molecule has 1 aliphatic heterocycles. The van der Waals surface area contributed by atoms with Crippen molar-refractivity contribution in [1.82, 2.24) is 9.97 Å². The first-order valence-electron chi connectivity index (χ1n) is 11.6. The predicted octanol–water partition coefficient (Wildman–Crippen LogP) is 3.98. The number of sulfone groups is 1. The molecule has 2 heterocycles. The number of carbonyl (C=O) groups excluding carboxylic acids is 1. The van der Waals surface area contributed by atoms with Crippen LogP contribution in [0.25, 0.3) is 0 Å². The summed E-state index contributed by atoms with van der Waals surface area (Å²) in [6, 6.07) is 13.9. The van der Waals surface area contributed by atoms with Gasteiger partial charge in [0.15, 0.2) is 9.84 Å². The number of carbonyl (C=O) groups is 1. The van der Waals surface area contributed by atoms with Crippen LogP contribution in [-0.4, -0.2) is 55.8 Å². The minimum atomic E-state index is -3.33. The largest absolute Gasteiger partial charge is 0.473 e. The lowest BCUT2D eigenvalue weighted by Gasteiger charge is -2.37. The average Bonchev–Trinajstić information content (AvgIpc) is 2.85. The van der Waals surface area contributed by atoms with Gasteiger partial charge in [0.25, 0.3) is 5.91 Å². The third-order valence-electron chi connectivity index (χ3n) is 6.02. The second-order valence-corrected chi connectivity index (χ2v) is 10.9. The van der Waals surface area contributed by atoms with E-state index in [0.29, 0.717) is 11.4 Å². The first-order valence-corrected chi connectivity index (χ1v) is 13.5. The molecule has 2 aromatic carbocycles. The van der Waals surface area contributed by atoms with E-state index in [9.17, 15) is 13.2 Å². The van der Waals surface area contributed by atoms with Gasteiger partial charge in [-0.1, -0.05) is 12.1 Å². The van der Waals surface area contributed by atoms with E-state index in [2.05, 4.69) is 14.9 Å². The molecule has 0 bridgehead atoms. The highest BCUT2D eigenvalue weighted by molar-refractivity contribution is 7.90. The summed E-state index contributed by atoms with van der Waals surface area (Å²) in [4.78, 5) is 26.1. The van der Waals surface area contributed by atoms with Gasteiger partial charge >= 0.3 is 0 Å². The Hall–Kier alpha value is -3.46. The van der Waals surface area contributed by atoms with Gasteiger partial charge in [0, 0.05) is 56.2 Å². The van der Waals surface area contributed by atoms with E-state index in [-0.39, 0.29) is 22.9 Å². The molecule has 4 rings (SSSR count). The molecule has 35 heavy (non-hydrogen) atoms. The third kappa shape index (κ3) is 5.79. The summed E-state index contributed by atoms with van der Waals surface area (Å²) in [5, 5.41) is 0. The molecule has 1 amide bonds. The predicted molar refractivity (Wildman–Crippen MR) is 136 cm³/mol. The summed E-state index contributed by atoms with van der Waals surface area (Å²) in [5.74, 6) is 0.359. The Bertz CT molecular complexity index is 1260. The highest BCUT2D eigenvalue weighted by atomic mass is 32.2. The number of hydrogen-bond donors (Lipinski definition) is 0. The summed E-state index contributed by atoms with van der Waals surface area (Å²) in [6.07, 6.45) is 7.73. The van der Waals surface area contributed by atoms with Crippen LogP contribution in [0.4, 0.5) is 11.4 Å². The van der Waals surface area contributed by atoms with Gasteiger partial charge in [0.1, 0.15) is 6.10 Å². The zero-order chi connectivity index (χ0) is 25.0. The average molecular weight is 495 g/mol. The van der Waals surface area contributed by atoms with Crippen LogP contribution in [-0.2, 0) is 9.84 Å². The maximum Gasteiger partial charge on any atom is 0.258 e. The lowest BCUT2D eigenvalue weighted by atomic mass is 10.1. The lowest BCUT2D eigenvalue weighted by Crippen LogP contribution is -2.41. The van der Waals surface area contributed by atoms with E-state index in [1.54, 1.807) is 35.6 Å². The maximum atomic E-state index is 13.6. The molecule has 0 atom stereocenters. The van der Waals surface area contributed by atoms with Gasteiger partial charge in [0.2, 0.25) is 5.88 Å². The zero-order valence-corrected chi connectivity index (χ0v) is 21.0. The van der Waals surface area contributed by atoms with Gasteiger partial charge in [-0.05, 0) is 50.2 Å². The monoisotopic (exact) mass is 494 g/mol. The van der Waals surface area contributed by atoms with Crippen LogP contribution in [0.3, 0.4) is 0 Å². The smallest absolute Gasteiger partial charge is 0.258 e. The number of aromatic nitrogens is 2. The Morgan fingerprint density at radius 1 is 1.06 bits per heavy atom. The number of nitrogens with zero attached hydrogens (tertiary/aromatic N) is 4. The van der Waals surface area contributed by atoms with Crippen LogP contribution < -0.4 is 14.5 Å². The summed E-state index contributed by atoms with van der Waals surface area (Å²) in [7, 11) is -3.33. The van der Waals surface area contributed by atoms with Crippen molar-refractivity contribution < 1.29 is 17.9 Å². The zero-order valence-electron chi connectivity index (χ0n) is 20.2. The Morgan fingerprint density at radius 2 is 1.74 bits per heavy atom. The Morgan fingerprint density at radius 3 is 2.34 bits per heavy atom. The molecular weight excluding hydrogens is 464 g/mol. The maximum absolute atomic E-state index is 13.6. The summed E-state index contributed by atoms with van der Waals surface area (Å²) < 4.78 is 29.6. The number of ether oxygens (including phenoxy) is 1. The van der Waals surface area contributed by atoms with E-state index in [1.807, 2.05) is 38.1 Å². The molecule has 1 saturated heterocycles. The lowest BCUT2D eigenvalue weighted by molar-refractivity contribution is 0.0980. The van der Waals surface area contributed by atoms with Crippen molar-refractivity contribution in [3.63, 3.8) is 0 Å². The number of para-hydroxylation sites is 2. The number of amides is 1. The number of anilines is 2. The first kappa shape index (κ1) is 24.7. The second kappa shape index (κ2) is 10.4. The molecule has 1 aromatic heterocycles. The van der Waals surface area contributed by atoms with E-state index >= 15 is 0 Å². The van der Waals surface area contributed by atoms with Crippen LogP contribution in [0, 0.1) is 0 Å². The molecule has 0 unspecified atom stereocenters. The van der Waals surface area contributed by atoms with Crippen molar-refractivity contribution in [2.75, 3.05) is 29.1 Å².